The molecular formula is C16H16BrN3O. The summed E-state index contributed by atoms with van der Waals surface area (Å²) in [7, 11) is 1.83. The molecule has 0 spiro atoms. The highest BCUT2D eigenvalue weighted by Gasteiger charge is 2.30. The van der Waals surface area contributed by atoms with Crippen LogP contribution in [0.2, 0.25) is 0 Å². The maximum Gasteiger partial charge on any atom is 0.329 e. The van der Waals surface area contributed by atoms with Crippen LogP contribution in [0.15, 0.2) is 33.7 Å². The van der Waals surface area contributed by atoms with Crippen LogP contribution < -0.4 is 5.69 Å². The molecule has 3 aromatic rings. The topological polar surface area (TPSA) is 39.8 Å². The van der Waals surface area contributed by atoms with E-state index in [2.05, 4.69) is 33.9 Å². The molecule has 2 heterocycles. The Labute approximate surface area is 130 Å². The van der Waals surface area contributed by atoms with E-state index in [9.17, 15) is 4.79 Å². The SMILES string of the molecule is CC1CC(n2c(=O)n(C)c3cnc4ccc(Br)cc4c32)C1. The van der Waals surface area contributed by atoms with Gasteiger partial charge in [0.05, 0.1) is 22.7 Å². The zero-order chi connectivity index (χ0) is 14.7. The van der Waals surface area contributed by atoms with Crippen molar-refractivity contribution in [3.8, 4) is 0 Å². The molecule has 21 heavy (non-hydrogen) atoms. The van der Waals surface area contributed by atoms with Crippen molar-refractivity contribution >= 4 is 37.9 Å². The smallest absolute Gasteiger partial charge is 0.293 e. The number of imidazole rings is 1. The monoisotopic (exact) mass is 345 g/mol. The molecule has 5 heteroatoms. The van der Waals surface area contributed by atoms with E-state index in [1.807, 2.05) is 29.9 Å². The number of pyridine rings is 1. The molecule has 1 saturated carbocycles. The third-order valence-electron chi connectivity index (χ3n) is 4.59. The van der Waals surface area contributed by atoms with Crippen LogP contribution in [0.5, 0.6) is 0 Å². The number of fused-ring (bicyclic) bond motifs is 3. The third-order valence-corrected chi connectivity index (χ3v) is 5.08. The first-order valence-electron chi connectivity index (χ1n) is 7.21. The molecule has 0 aliphatic heterocycles. The summed E-state index contributed by atoms with van der Waals surface area (Å²) < 4.78 is 4.70. The number of nitrogens with zero attached hydrogens (tertiary/aromatic N) is 3. The Morgan fingerprint density at radius 1 is 1.33 bits per heavy atom. The van der Waals surface area contributed by atoms with E-state index in [0.29, 0.717) is 12.0 Å². The normalized spacial score (nSPS) is 21.9. The molecule has 108 valence electrons. The van der Waals surface area contributed by atoms with Crippen molar-refractivity contribution < 1.29 is 0 Å². The summed E-state index contributed by atoms with van der Waals surface area (Å²) in [4.78, 5) is 17.1. The van der Waals surface area contributed by atoms with E-state index in [1.54, 1.807) is 4.57 Å². The summed E-state index contributed by atoms with van der Waals surface area (Å²) >= 11 is 3.52. The van der Waals surface area contributed by atoms with Crippen molar-refractivity contribution in [2.75, 3.05) is 0 Å². The number of hydrogen-bond donors (Lipinski definition) is 0. The largest absolute Gasteiger partial charge is 0.329 e. The quantitative estimate of drug-likeness (QED) is 0.675. The molecule has 2 aromatic heterocycles. The summed E-state index contributed by atoms with van der Waals surface area (Å²) in [5.41, 5.74) is 2.92. The maximum absolute atomic E-state index is 12.6. The van der Waals surface area contributed by atoms with Crippen LogP contribution in [-0.2, 0) is 7.05 Å². The molecule has 0 N–H and O–H groups in total. The second-order valence-corrected chi connectivity index (χ2v) is 7.01. The van der Waals surface area contributed by atoms with Gasteiger partial charge in [-0.05, 0) is 37.0 Å². The van der Waals surface area contributed by atoms with Crippen LogP contribution in [0.25, 0.3) is 21.9 Å². The first kappa shape index (κ1) is 13.1. The van der Waals surface area contributed by atoms with Crippen LogP contribution in [0.1, 0.15) is 25.8 Å². The molecule has 0 amide bonds. The highest BCUT2D eigenvalue weighted by atomic mass is 79.9. The fraction of sp³-hybridized carbons (Fsp3) is 0.375. The Hall–Kier alpha value is -1.62. The minimum atomic E-state index is 0.0659. The summed E-state index contributed by atoms with van der Waals surface area (Å²) in [5, 5.41) is 1.04. The molecule has 1 fully saturated rings. The molecule has 0 radical (unpaired) electrons. The van der Waals surface area contributed by atoms with Gasteiger partial charge in [-0.25, -0.2) is 4.79 Å². The van der Waals surface area contributed by atoms with Crippen molar-refractivity contribution in [3.63, 3.8) is 0 Å². The summed E-state index contributed by atoms with van der Waals surface area (Å²) in [6.07, 6.45) is 3.97. The van der Waals surface area contributed by atoms with Gasteiger partial charge in [0.1, 0.15) is 0 Å². The lowest BCUT2D eigenvalue weighted by molar-refractivity contribution is 0.216. The van der Waals surface area contributed by atoms with Crippen molar-refractivity contribution in [1.29, 1.82) is 0 Å². The summed E-state index contributed by atoms with van der Waals surface area (Å²) in [6.45, 7) is 2.24. The van der Waals surface area contributed by atoms with Crippen molar-refractivity contribution in [2.24, 2.45) is 13.0 Å². The van der Waals surface area contributed by atoms with Crippen molar-refractivity contribution in [1.82, 2.24) is 14.1 Å². The standard InChI is InChI=1S/C16H16BrN3O/c1-9-5-11(6-9)20-15-12-7-10(17)3-4-13(12)18-8-14(15)19(2)16(20)21/h3-4,7-9,11H,5-6H2,1-2H3. The minimum absolute atomic E-state index is 0.0659. The van der Waals surface area contributed by atoms with E-state index < -0.39 is 0 Å². The van der Waals surface area contributed by atoms with Gasteiger partial charge in [-0.2, -0.15) is 0 Å². The highest BCUT2D eigenvalue weighted by molar-refractivity contribution is 9.10. The number of hydrogen-bond acceptors (Lipinski definition) is 2. The molecule has 1 aliphatic carbocycles. The average molecular weight is 346 g/mol. The van der Waals surface area contributed by atoms with E-state index in [4.69, 9.17) is 0 Å². The second-order valence-electron chi connectivity index (χ2n) is 6.10. The van der Waals surface area contributed by atoms with Gasteiger partial charge in [0.2, 0.25) is 0 Å². The number of aryl methyl sites for hydroxylation is 1. The zero-order valence-corrected chi connectivity index (χ0v) is 13.6. The third kappa shape index (κ3) is 1.80. The fourth-order valence-corrected chi connectivity index (χ4v) is 3.77. The molecule has 1 aliphatic rings. The number of aromatic nitrogens is 3. The predicted octanol–water partition coefficient (Wildman–Crippen LogP) is 3.62. The van der Waals surface area contributed by atoms with Gasteiger partial charge in [-0.15, -0.1) is 0 Å². The van der Waals surface area contributed by atoms with Crippen LogP contribution in [0.4, 0.5) is 0 Å². The molecule has 4 rings (SSSR count). The van der Waals surface area contributed by atoms with E-state index in [1.165, 1.54) is 0 Å². The van der Waals surface area contributed by atoms with Gasteiger partial charge >= 0.3 is 5.69 Å². The molecule has 0 unspecified atom stereocenters. The highest BCUT2D eigenvalue weighted by Crippen LogP contribution is 2.39. The lowest BCUT2D eigenvalue weighted by atomic mass is 9.81. The van der Waals surface area contributed by atoms with E-state index in [-0.39, 0.29) is 5.69 Å². The van der Waals surface area contributed by atoms with Crippen LogP contribution >= 0.6 is 15.9 Å². The van der Waals surface area contributed by atoms with Crippen LogP contribution in [0.3, 0.4) is 0 Å². The molecule has 0 atom stereocenters. The summed E-state index contributed by atoms with van der Waals surface area (Å²) in [5.74, 6) is 0.706. The second kappa shape index (κ2) is 4.44. The van der Waals surface area contributed by atoms with Crippen molar-refractivity contribution in [3.05, 3.63) is 39.4 Å². The number of halogens is 1. The first-order valence-corrected chi connectivity index (χ1v) is 8.00. The Bertz CT molecular complexity index is 919. The molecule has 0 saturated heterocycles. The predicted molar refractivity (Wildman–Crippen MR) is 87.6 cm³/mol. The van der Waals surface area contributed by atoms with Gasteiger partial charge in [0, 0.05) is 22.9 Å². The van der Waals surface area contributed by atoms with Gasteiger partial charge in [-0.1, -0.05) is 22.9 Å². The first-order chi connectivity index (χ1) is 10.1. The van der Waals surface area contributed by atoms with E-state index >= 15 is 0 Å². The molecular weight excluding hydrogens is 330 g/mol. The number of benzene rings is 1. The zero-order valence-electron chi connectivity index (χ0n) is 12.0. The van der Waals surface area contributed by atoms with Gasteiger partial charge in [0.25, 0.3) is 0 Å². The Balaban J connectivity index is 2.14. The maximum atomic E-state index is 12.6. The van der Waals surface area contributed by atoms with Gasteiger partial charge in [0.15, 0.2) is 0 Å². The van der Waals surface area contributed by atoms with Crippen LogP contribution in [0, 0.1) is 5.92 Å². The van der Waals surface area contributed by atoms with Crippen molar-refractivity contribution in [2.45, 2.75) is 25.8 Å². The molecule has 4 nitrogen and oxygen atoms in total. The van der Waals surface area contributed by atoms with Gasteiger partial charge in [-0.3, -0.25) is 14.1 Å². The molecule has 0 bridgehead atoms. The lowest BCUT2D eigenvalue weighted by Gasteiger charge is -2.33. The van der Waals surface area contributed by atoms with Crippen LogP contribution in [-0.4, -0.2) is 14.1 Å². The lowest BCUT2D eigenvalue weighted by Crippen LogP contribution is -2.33. The fourth-order valence-electron chi connectivity index (χ4n) is 3.41. The Kier molecular flexibility index (Phi) is 2.76. The summed E-state index contributed by atoms with van der Waals surface area (Å²) in [6, 6.07) is 6.35. The van der Waals surface area contributed by atoms with Gasteiger partial charge < -0.3 is 0 Å². The average Bonchev–Trinajstić information content (AvgIpc) is 2.68. The molecule has 1 aromatic carbocycles. The Morgan fingerprint density at radius 2 is 2.10 bits per heavy atom. The number of rotatable bonds is 1. The van der Waals surface area contributed by atoms with E-state index in [0.717, 1.165) is 39.3 Å². The Morgan fingerprint density at radius 3 is 2.81 bits per heavy atom. The minimum Gasteiger partial charge on any atom is -0.293 e.